The van der Waals surface area contributed by atoms with E-state index in [1.54, 1.807) is 11.3 Å². The third-order valence-corrected chi connectivity index (χ3v) is 6.49. The average molecular weight is 430 g/mol. The van der Waals surface area contributed by atoms with Gasteiger partial charge in [0, 0.05) is 62.0 Å². The van der Waals surface area contributed by atoms with Gasteiger partial charge in [0.05, 0.1) is 19.3 Å². The number of thiophene rings is 1. The second-order valence-corrected chi connectivity index (χ2v) is 8.93. The van der Waals surface area contributed by atoms with Crippen molar-refractivity contribution >= 4 is 28.6 Å². The van der Waals surface area contributed by atoms with E-state index < -0.39 is 0 Å². The zero-order chi connectivity index (χ0) is 20.6. The summed E-state index contributed by atoms with van der Waals surface area (Å²) >= 11 is 1.76. The van der Waals surface area contributed by atoms with Crippen LogP contribution in [0.1, 0.15) is 24.1 Å². The molecular weight excluding hydrogens is 398 g/mol. The van der Waals surface area contributed by atoms with E-state index in [1.165, 1.54) is 10.6 Å². The van der Waals surface area contributed by atoms with Gasteiger partial charge in [0.2, 0.25) is 5.91 Å². The fourth-order valence-corrected chi connectivity index (χ4v) is 4.74. The molecule has 0 aliphatic carbocycles. The molecule has 1 atom stereocenters. The van der Waals surface area contributed by atoms with Crippen molar-refractivity contribution in [2.75, 3.05) is 56.2 Å². The normalized spacial score (nSPS) is 19.4. The number of nitrogens with one attached hydrogen (secondary N) is 1. The van der Waals surface area contributed by atoms with Crippen LogP contribution in [-0.2, 0) is 20.8 Å². The Morgan fingerprint density at radius 3 is 2.70 bits per heavy atom. The van der Waals surface area contributed by atoms with Gasteiger partial charge in [-0.15, -0.1) is 11.3 Å². The third kappa shape index (κ3) is 6.28. The van der Waals surface area contributed by atoms with Crippen molar-refractivity contribution in [2.45, 2.75) is 31.9 Å². The van der Waals surface area contributed by atoms with Crippen LogP contribution in [0, 0.1) is 0 Å². The van der Waals surface area contributed by atoms with E-state index in [-0.39, 0.29) is 5.91 Å². The molecule has 2 aromatic rings. The molecule has 2 fully saturated rings. The fraction of sp³-hybridized carbons (Fsp3) is 0.522. The minimum atomic E-state index is 0.0534. The number of ether oxygens (including phenoxy) is 2. The van der Waals surface area contributed by atoms with Gasteiger partial charge in [-0.3, -0.25) is 9.69 Å². The van der Waals surface area contributed by atoms with E-state index in [1.807, 2.05) is 12.1 Å². The minimum Gasteiger partial charge on any atom is -0.378 e. The molecule has 2 saturated heterocycles. The van der Waals surface area contributed by atoms with Crippen LogP contribution in [0.3, 0.4) is 0 Å². The molecule has 0 spiro atoms. The molecule has 4 rings (SSSR count). The molecule has 0 radical (unpaired) electrons. The van der Waals surface area contributed by atoms with E-state index in [9.17, 15) is 4.79 Å². The topological polar surface area (TPSA) is 54.0 Å². The minimum absolute atomic E-state index is 0.0534. The van der Waals surface area contributed by atoms with Gasteiger partial charge in [-0.2, -0.15) is 0 Å². The molecule has 162 valence electrons. The Kier molecular flexibility index (Phi) is 7.75. The van der Waals surface area contributed by atoms with Gasteiger partial charge in [-0.1, -0.05) is 6.07 Å². The van der Waals surface area contributed by atoms with Gasteiger partial charge in [0.25, 0.3) is 0 Å². The maximum atomic E-state index is 12.5. The Morgan fingerprint density at radius 2 is 2.00 bits per heavy atom. The maximum Gasteiger partial charge on any atom is 0.225 e. The van der Waals surface area contributed by atoms with E-state index in [4.69, 9.17) is 9.47 Å². The van der Waals surface area contributed by atoms with Gasteiger partial charge >= 0.3 is 0 Å². The van der Waals surface area contributed by atoms with Gasteiger partial charge in [-0.05, 0) is 48.6 Å². The second-order valence-electron chi connectivity index (χ2n) is 7.89. The first kappa shape index (κ1) is 21.3. The molecule has 1 amide bonds. The Hall–Kier alpha value is -1.93. The highest BCUT2D eigenvalue weighted by Gasteiger charge is 2.20. The average Bonchev–Trinajstić information content (AvgIpc) is 3.48. The van der Waals surface area contributed by atoms with Crippen LogP contribution in [0.25, 0.3) is 0 Å². The summed E-state index contributed by atoms with van der Waals surface area (Å²) in [4.78, 5) is 18.5. The van der Waals surface area contributed by atoms with Crippen molar-refractivity contribution in [3.05, 3.63) is 46.7 Å². The largest absolute Gasteiger partial charge is 0.378 e. The van der Waals surface area contributed by atoms with Crippen LogP contribution in [0.4, 0.5) is 11.4 Å². The summed E-state index contributed by atoms with van der Waals surface area (Å²) in [6.07, 6.45) is 3.02. The molecule has 2 aliphatic rings. The van der Waals surface area contributed by atoms with Gasteiger partial charge in [0.1, 0.15) is 0 Å². The summed E-state index contributed by atoms with van der Waals surface area (Å²) in [6, 6.07) is 12.3. The second kappa shape index (κ2) is 10.9. The Bertz CT molecular complexity index is 770. The smallest absolute Gasteiger partial charge is 0.225 e. The van der Waals surface area contributed by atoms with Crippen LogP contribution in [0.15, 0.2) is 41.8 Å². The number of benzene rings is 1. The predicted molar refractivity (Wildman–Crippen MR) is 121 cm³/mol. The molecule has 1 aromatic heterocycles. The van der Waals surface area contributed by atoms with Crippen molar-refractivity contribution < 1.29 is 14.3 Å². The van der Waals surface area contributed by atoms with E-state index in [0.717, 1.165) is 71.1 Å². The van der Waals surface area contributed by atoms with Gasteiger partial charge in [0.15, 0.2) is 0 Å². The summed E-state index contributed by atoms with van der Waals surface area (Å²) in [5.41, 5.74) is 2.02. The summed E-state index contributed by atoms with van der Waals surface area (Å²) in [6.45, 7) is 6.72. The fourth-order valence-electron chi connectivity index (χ4n) is 3.99. The number of hydrogen-bond acceptors (Lipinski definition) is 6. The highest BCUT2D eigenvalue weighted by atomic mass is 32.1. The highest BCUT2D eigenvalue weighted by molar-refractivity contribution is 7.09. The van der Waals surface area contributed by atoms with Crippen molar-refractivity contribution in [3.63, 3.8) is 0 Å². The molecule has 7 heteroatoms. The molecule has 1 aromatic carbocycles. The maximum absolute atomic E-state index is 12.5. The first-order valence-electron chi connectivity index (χ1n) is 10.9. The lowest BCUT2D eigenvalue weighted by Gasteiger charge is -2.29. The lowest BCUT2D eigenvalue weighted by atomic mass is 10.2. The van der Waals surface area contributed by atoms with Crippen molar-refractivity contribution in [2.24, 2.45) is 0 Å². The number of amides is 1. The predicted octanol–water partition coefficient (Wildman–Crippen LogP) is 3.59. The van der Waals surface area contributed by atoms with Gasteiger partial charge in [-0.25, -0.2) is 0 Å². The van der Waals surface area contributed by atoms with Crippen LogP contribution in [-0.4, -0.2) is 62.9 Å². The number of morpholine rings is 1. The Morgan fingerprint density at radius 1 is 1.17 bits per heavy atom. The highest BCUT2D eigenvalue weighted by Crippen LogP contribution is 2.20. The van der Waals surface area contributed by atoms with Crippen molar-refractivity contribution in [3.8, 4) is 0 Å². The lowest BCUT2D eigenvalue weighted by molar-refractivity contribution is -0.116. The number of carbonyl (C=O) groups excluding carboxylic acids is 1. The summed E-state index contributed by atoms with van der Waals surface area (Å²) < 4.78 is 11.2. The van der Waals surface area contributed by atoms with E-state index in [0.29, 0.717) is 12.5 Å². The molecule has 1 unspecified atom stereocenters. The Balaban J connectivity index is 1.27. The SMILES string of the molecule is O=C(CCN(Cc1cccs1)CC1CCCO1)Nc1ccc(N2CCOCC2)cc1. The summed E-state index contributed by atoms with van der Waals surface area (Å²) in [7, 11) is 0. The summed E-state index contributed by atoms with van der Waals surface area (Å²) in [5.74, 6) is 0.0534. The zero-order valence-corrected chi connectivity index (χ0v) is 18.2. The third-order valence-electron chi connectivity index (χ3n) is 5.63. The number of nitrogens with zero attached hydrogens (tertiary/aromatic N) is 2. The van der Waals surface area contributed by atoms with Crippen LogP contribution in [0.5, 0.6) is 0 Å². The molecule has 6 nitrogen and oxygen atoms in total. The van der Waals surface area contributed by atoms with E-state index in [2.05, 4.69) is 44.8 Å². The molecule has 0 saturated carbocycles. The monoisotopic (exact) mass is 429 g/mol. The molecule has 0 bridgehead atoms. The number of carbonyl (C=O) groups is 1. The zero-order valence-electron chi connectivity index (χ0n) is 17.4. The molecule has 30 heavy (non-hydrogen) atoms. The van der Waals surface area contributed by atoms with Crippen LogP contribution in [0.2, 0.25) is 0 Å². The van der Waals surface area contributed by atoms with Gasteiger partial charge < -0.3 is 19.7 Å². The quantitative estimate of drug-likeness (QED) is 0.660. The number of anilines is 2. The first-order valence-corrected chi connectivity index (χ1v) is 11.7. The number of rotatable bonds is 9. The first-order chi connectivity index (χ1) is 14.8. The van der Waals surface area contributed by atoms with Crippen molar-refractivity contribution in [1.29, 1.82) is 0 Å². The molecule has 1 N–H and O–H groups in total. The molecular formula is C23H31N3O3S. The molecule has 2 aliphatic heterocycles. The number of hydrogen-bond donors (Lipinski definition) is 1. The van der Waals surface area contributed by atoms with Crippen LogP contribution >= 0.6 is 11.3 Å². The Labute approximate surface area is 182 Å². The lowest BCUT2D eigenvalue weighted by Crippen LogP contribution is -2.36. The molecule has 3 heterocycles. The van der Waals surface area contributed by atoms with E-state index >= 15 is 0 Å². The summed E-state index contributed by atoms with van der Waals surface area (Å²) in [5, 5.41) is 5.15. The van der Waals surface area contributed by atoms with Crippen molar-refractivity contribution in [1.82, 2.24) is 4.90 Å². The standard InChI is InChI=1S/C23H31N3O3S/c27-23(24-19-5-7-20(8-6-19)26-11-14-28-15-12-26)9-10-25(17-21-3-1-13-29-21)18-22-4-2-16-30-22/h2,4-8,16,21H,1,3,9-15,17-18H2,(H,24,27). The van der Waals surface area contributed by atoms with Crippen LogP contribution < -0.4 is 10.2 Å².